The third-order valence-corrected chi connectivity index (χ3v) is 13.7. The van der Waals surface area contributed by atoms with Gasteiger partial charge in [-0.05, 0) is 161 Å². The predicted molar refractivity (Wildman–Crippen MR) is 272 cm³/mol. The lowest BCUT2D eigenvalue weighted by molar-refractivity contribution is 0.568. The molecule has 0 atom stereocenters. The molecular formula is C62H60. The van der Waals surface area contributed by atoms with Crippen LogP contribution < -0.4 is 0 Å². The van der Waals surface area contributed by atoms with Gasteiger partial charge >= 0.3 is 0 Å². The summed E-state index contributed by atoms with van der Waals surface area (Å²) in [6.07, 6.45) is 0. The van der Waals surface area contributed by atoms with Gasteiger partial charge in [0.25, 0.3) is 0 Å². The van der Waals surface area contributed by atoms with E-state index in [9.17, 15) is 0 Å². The van der Waals surface area contributed by atoms with Crippen molar-refractivity contribution in [1.82, 2.24) is 0 Å². The Morgan fingerprint density at radius 2 is 0.726 bits per heavy atom. The van der Waals surface area contributed by atoms with Gasteiger partial charge in [-0.3, -0.25) is 0 Å². The summed E-state index contributed by atoms with van der Waals surface area (Å²) in [5.41, 5.74) is 18.4. The maximum Gasteiger partial charge on any atom is -0.000719 e. The van der Waals surface area contributed by atoms with Gasteiger partial charge in [-0.1, -0.05) is 210 Å². The summed E-state index contributed by atoms with van der Waals surface area (Å²) >= 11 is 0. The van der Waals surface area contributed by atoms with Crippen molar-refractivity contribution < 1.29 is 0 Å². The van der Waals surface area contributed by atoms with Crippen molar-refractivity contribution in [3.05, 3.63) is 168 Å². The van der Waals surface area contributed by atoms with Crippen molar-refractivity contribution in [3.8, 4) is 55.6 Å². The van der Waals surface area contributed by atoms with Crippen molar-refractivity contribution in [3.63, 3.8) is 0 Å². The zero-order chi connectivity index (χ0) is 43.7. The Morgan fingerprint density at radius 3 is 1.31 bits per heavy atom. The highest BCUT2D eigenvalue weighted by Gasteiger charge is 2.34. The molecule has 0 nitrogen and oxygen atoms in total. The van der Waals surface area contributed by atoms with Crippen LogP contribution in [0.5, 0.6) is 0 Å². The van der Waals surface area contributed by atoms with Gasteiger partial charge in [0.2, 0.25) is 0 Å². The Morgan fingerprint density at radius 1 is 0.258 bits per heavy atom. The van der Waals surface area contributed by atoms with E-state index >= 15 is 0 Å². The molecule has 1 aliphatic carbocycles. The fraction of sp³-hybridized carbons (Fsp3) is 0.258. The van der Waals surface area contributed by atoms with Gasteiger partial charge < -0.3 is 0 Å². The summed E-state index contributed by atoms with van der Waals surface area (Å²) < 4.78 is 0. The van der Waals surface area contributed by atoms with Gasteiger partial charge in [0.15, 0.2) is 0 Å². The Bertz CT molecular complexity index is 3240. The standard InChI is InChI=1S/C62H60/c1-59(2,3)44-29-42(30-45(35-44)60(4,5)6)54-50-27-26-40(39-25-24-37-18-13-14-19-38(37)28-39)33-52(50)55(43-31-46(61(7,8)9)36-47(32-43)62(10,11)12)57-51-23-17-22-49-48-21-16-15-20-41(48)34-53(56(49)51)58(54)57/h13-36H,1-12H3. The van der Waals surface area contributed by atoms with E-state index in [2.05, 4.69) is 229 Å². The van der Waals surface area contributed by atoms with Gasteiger partial charge in [0.1, 0.15) is 0 Å². The van der Waals surface area contributed by atoms with Crippen LogP contribution in [0.4, 0.5) is 0 Å². The van der Waals surface area contributed by atoms with Crippen LogP contribution in [0.15, 0.2) is 146 Å². The molecule has 0 saturated heterocycles. The first kappa shape index (κ1) is 40.1. The summed E-state index contributed by atoms with van der Waals surface area (Å²) in [7, 11) is 0. The van der Waals surface area contributed by atoms with E-state index in [4.69, 9.17) is 0 Å². The van der Waals surface area contributed by atoms with E-state index in [1.54, 1.807) is 0 Å². The zero-order valence-corrected chi connectivity index (χ0v) is 38.9. The van der Waals surface area contributed by atoms with E-state index in [1.807, 2.05) is 0 Å². The Hall–Kier alpha value is -5.98. The number of benzene rings is 9. The lowest BCUT2D eigenvalue weighted by Crippen LogP contribution is -2.17. The fourth-order valence-electron chi connectivity index (χ4n) is 10.0. The van der Waals surface area contributed by atoms with E-state index in [1.165, 1.54) is 121 Å². The lowest BCUT2D eigenvalue weighted by atomic mass is 9.75. The van der Waals surface area contributed by atoms with Crippen molar-refractivity contribution in [1.29, 1.82) is 0 Å². The van der Waals surface area contributed by atoms with Crippen LogP contribution in [0.3, 0.4) is 0 Å². The topological polar surface area (TPSA) is 0 Å². The average Bonchev–Trinajstić information content (AvgIpc) is 3.54. The molecule has 0 aliphatic heterocycles. The van der Waals surface area contributed by atoms with Crippen LogP contribution in [0, 0.1) is 0 Å². The SMILES string of the molecule is CC(C)(C)c1cc(-c2c3c(c(-c4cc(C(C)(C)C)cc(C(C)(C)C)c4)c4cc(-c5ccc6ccccc6c5)ccc24)-c2cccc4c2c-3cc2ccccc24)cc(C(C)(C)C)c1. The molecule has 62 heavy (non-hydrogen) atoms. The molecule has 0 unspecified atom stereocenters. The summed E-state index contributed by atoms with van der Waals surface area (Å²) in [5.74, 6) is 0. The normalized spacial score (nSPS) is 13.2. The smallest absolute Gasteiger partial charge is 0.000719 e. The van der Waals surface area contributed by atoms with E-state index in [0.29, 0.717) is 0 Å². The molecule has 0 fully saturated rings. The van der Waals surface area contributed by atoms with E-state index in [0.717, 1.165) is 0 Å². The maximum absolute atomic E-state index is 2.52. The minimum atomic E-state index is -0.0391. The fourth-order valence-corrected chi connectivity index (χ4v) is 10.0. The number of rotatable bonds is 3. The summed E-state index contributed by atoms with van der Waals surface area (Å²) in [5, 5.41) is 10.4. The average molecular weight is 805 g/mol. The Labute approximate surface area is 369 Å². The molecule has 0 heteroatoms. The third-order valence-electron chi connectivity index (χ3n) is 13.7. The first-order valence-electron chi connectivity index (χ1n) is 22.7. The minimum Gasteiger partial charge on any atom is -0.0616 e. The Kier molecular flexibility index (Phi) is 8.90. The lowest BCUT2D eigenvalue weighted by Gasteiger charge is -2.29. The first-order chi connectivity index (χ1) is 29.3. The second kappa shape index (κ2) is 13.8. The van der Waals surface area contributed by atoms with Crippen molar-refractivity contribution >= 4 is 43.1 Å². The third kappa shape index (κ3) is 6.57. The molecule has 9 aromatic carbocycles. The molecule has 0 bridgehead atoms. The van der Waals surface area contributed by atoms with Gasteiger partial charge in [-0.15, -0.1) is 0 Å². The summed E-state index contributed by atoms with van der Waals surface area (Å²) in [6, 6.07) is 56.6. The highest BCUT2D eigenvalue weighted by Crippen LogP contribution is 2.59. The molecule has 0 aromatic heterocycles. The molecule has 0 spiro atoms. The van der Waals surface area contributed by atoms with E-state index < -0.39 is 0 Å². The molecule has 0 radical (unpaired) electrons. The first-order valence-corrected chi connectivity index (χ1v) is 22.7. The molecule has 0 heterocycles. The van der Waals surface area contributed by atoms with Gasteiger partial charge in [0.05, 0.1) is 0 Å². The van der Waals surface area contributed by atoms with Crippen molar-refractivity contribution in [2.24, 2.45) is 0 Å². The van der Waals surface area contributed by atoms with Crippen LogP contribution in [-0.2, 0) is 21.7 Å². The second-order valence-corrected chi connectivity index (χ2v) is 22.3. The molecule has 0 saturated carbocycles. The Balaban J connectivity index is 1.45. The summed E-state index contributed by atoms with van der Waals surface area (Å²) in [4.78, 5) is 0. The summed E-state index contributed by atoms with van der Waals surface area (Å²) in [6.45, 7) is 28.3. The highest BCUT2D eigenvalue weighted by molar-refractivity contribution is 6.31. The van der Waals surface area contributed by atoms with E-state index in [-0.39, 0.29) is 21.7 Å². The van der Waals surface area contributed by atoms with Crippen LogP contribution in [0.25, 0.3) is 98.7 Å². The zero-order valence-electron chi connectivity index (χ0n) is 38.9. The molecule has 9 aromatic rings. The second-order valence-electron chi connectivity index (χ2n) is 22.3. The minimum absolute atomic E-state index is 0.0336. The van der Waals surface area contributed by atoms with Crippen LogP contribution in [0.2, 0.25) is 0 Å². The number of fused-ring (bicyclic) bond motifs is 7. The quantitative estimate of drug-likeness (QED) is 0.156. The van der Waals surface area contributed by atoms with Crippen molar-refractivity contribution in [2.45, 2.75) is 105 Å². The van der Waals surface area contributed by atoms with Crippen molar-refractivity contribution in [2.75, 3.05) is 0 Å². The highest BCUT2D eigenvalue weighted by atomic mass is 14.4. The predicted octanol–water partition coefficient (Wildman–Crippen LogP) is 18.1. The van der Waals surface area contributed by atoms with Crippen LogP contribution >= 0.6 is 0 Å². The van der Waals surface area contributed by atoms with Gasteiger partial charge in [0, 0.05) is 0 Å². The molecule has 10 rings (SSSR count). The van der Waals surface area contributed by atoms with Gasteiger partial charge in [-0.2, -0.15) is 0 Å². The largest absolute Gasteiger partial charge is 0.0616 e. The molecular weight excluding hydrogens is 745 g/mol. The monoisotopic (exact) mass is 804 g/mol. The van der Waals surface area contributed by atoms with Gasteiger partial charge in [-0.25, -0.2) is 0 Å². The number of hydrogen-bond donors (Lipinski definition) is 0. The van der Waals surface area contributed by atoms with Crippen LogP contribution in [0.1, 0.15) is 105 Å². The molecule has 0 amide bonds. The number of hydrogen-bond acceptors (Lipinski definition) is 0. The molecule has 308 valence electrons. The maximum atomic E-state index is 2.52. The molecule has 1 aliphatic rings. The molecule has 0 N–H and O–H groups in total. The van der Waals surface area contributed by atoms with Crippen LogP contribution in [-0.4, -0.2) is 0 Å².